The number of nitrogens with two attached hydrogens (primary N) is 1. The van der Waals surface area contributed by atoms with E-state index in [9.17, 15) is 0 Å². The maximum Gasteiger partial charge on any atom is 0.119 e. The zero-order valence-electron chi connectivity index (χ0n) is 12.5. The van der Waals surface area contributed by atoms with E-state index in [0.29, 0.717) is 13.2 Å². The van der Waals surface area contributed by atoms with E-state index in [1.807, 2.05) is 30.3 Å². The van der Waals surface area contributed by atoms with Crippen molar-refractivity contribution in [3.8, 4) is 5.75 Å². The first kappa shape index (κ1) is 15.5. The summed E-state index contributed by atoms with van der Waals surface area (Å²) >= 11 is 0. The molecule has 0 aliphatic rings. The van der Waals surface area contributed by atoms with Gasteiger partial charge in [-0.1, -0.05) is 42.5 Å². The Balaban J connectivity index is 1.77. The van der Waals surface area contributed by atoms with Gasteiger partial charge in [0.25, 0.3) is 0 Å². The summed E-state index contributed by atoms with van der Waals surface area (Å²) in [5.74, 6) is 0.877. The SMILES string of the molecule is COC(CCOc1ccc(CN)cc1)Cc1ccccc1. The van der Waals surface area contributed by atoms with Crippen LogP contribution in [0.15, 0.2) is 54.6 Å². The largest absolute Gasteiger partial charge is 0.493 e. The second kappa shape index (κ2) is 8.45. The summed E-state index contributed by atoms with van der Waals surface area (Å²) in [5.41, 5.74) is 7.97. The molecule has 0 heterocycles. The van der Waals surface area contributed by atoms with E-state index in [1.165, 1.54) is 5.56 Å². The standard InChI is InChI=1S/C18H23NO2/c1-20-18(13-15-5-3-2-4-6-15)11-12-21-17-9-7-16(14-19)8-10-17/h2-10,18H,11-14,19H2,1H3. The Morgan fingerprint density at radius 2 is 1.67 bits per heavy atom. The lowest BCUT2D eigenvalue weighted by atomic mass is 10.1. The number of benzene rings is 2. The summed E-state index contributed by atoms with van der Waals surface area (Å²) in [6.07, 6.45) is 1.95. The van der Waals surface area contributed by atoms with Crippen molar-refractivity contribution < 1.29 is 9.47 Å². The van der Waals surface area contributed by atoms with Crippen LogP contribution >= 0.6 is 0 Å². The zero-order chi connectivity index (χ0) is 14.9. The number of ether oxygens (including phenoxy) is 2. The highest BCUT2D eigenvalue weighted by molar-refractivity contribution is 5.27. The van der Waals surface area contributed by atoms with Crippen LogP contribution in [0.25, 0.3) is 0 Å². The third-order valence-electron chi connectivity index (χ3n) is 3.51. The predicted molar refractivity (Wildman–Crippen MR) is 85.4 cm³/mol. The van der Waals surface area contributed by atoms with Crippen LogP contribution < -0.4 is 10.5 Å². The predicted octanol–water partition coefficient (Wildman–Crippen LogP) is 3.17. The molecule has 0 saturated carbocycles. The molecule has 0 bridgehead atoms. The van der Waals surface area contributed by atoms with Gasteiger partial charge in [0.05, 0.1) is 12.7 Å². The van der Waals surface area contributed by atoms with Crippen molar-refractivity contribution in [2.75, 3.05) is 13.7 Å². The molecule has 112 valence electrons. The van der Waals surface area contributed by atoms with Crippen LogP contribution in [0.4, 0.5) is 0 Å². The molecule has 0 amide bonds. The number of rotatable bonds is 8. The topological polar surface area (TPSA) is 44.5 Å². The Labute approximate surface area is 126 Å². The van der Waals surface area contributed by atoms with Crippen LogP contribution in [-0.2, 0) is 17.7 Å². The summed E-state index contributed by atoms with van der Waals surface area (Å²) in [5, 5.41) is 0. The van der Waals surface area contributed by atoms with Gasteiger partial charge in [0.1, 0.15) is 5.75 Å². The lowest BCUT2D eigenvalue weighted by Crippen LogP contribution is -2.17. The normalized spacial score (nSPS) is 12.1. The zero-order valence-corrected chi connectivity index (χ0v) is 12.5. The third kappa shape index (κ3) is 5.21. The third-order valence-corrected chi connectivity index (χ3v) is 3.51. The molecule has 2 aromatic rings. The van der Waals surface area contributed by atoms with E-state index in [1.54, 1.807) is 7.11 Å². The van der Waals surface area contributed by atoms with E-state index in [-0.39, 0.29) is 6.10 Å². The van der Waals surface area contributed by atoms with Gasteiger partial charge in [-0.25, -0.2) is 0 Å². The van der Waals surface area contributed by atoms with Gasteiger partial charge < -0.3 is 15.2 Å². The summed E-state index contributed by atoms with van der Waals surface area (Å²) < 4.78 is 11.3. The minimum absolute atomic E-state index is 0.177. The molecule has 21 heavy (non-hydrogen) atoms. The Morgan fingerprint density at radius 3 is 2.29 bits per heavy atom. The average Bonchev–Trinajstić information content (AvgIpc) is 2.55. The molecule has 2 N–H and O–H groups in total. The Bertz CT molecular complexity index is 511. The van der Waals surface area contributed by atoms with E-state index in [4.69, 9.17) is 15.2 Å². The number of hydrogen-bond acceptors (Lipinski definition) is 3. The molecule has 1 atom stereocenters. The van der Waals surface area contributed by atoms with Crippen molar-refractivity contribution in [3.05, 3.63) is 65.7 Å². The summed E-state index contributed by atoms with van der Waals surface area (Å²) in [6.45, 7) is 1.20. The molecule has 0 radical (unpaired) electrons. The van der Waals surface area contributed by atoms with Crippen molar-refractivity contribution in [2.24, 2.45) is 5.73 Å². The van der Waals surface area contributed by atoms with E-state index in [0.717, 1.165) is 24.2 Å². The van der Waals surface area contributed by atoms with Gasteiger partial charge in [-0.05, 0) is 29.7 Å². The number of methoxy groups -OCH3 is 1. The van der Waals surface area contributed by atoms with Crippen molar-refractivity contribution in [1.82, 2.24) is 0 Å². The van der Waals surface area contributed by atoms with E-state index >= 15 is 0 Å². The second-order valence-electron chi connectivity index (χ2n) is 5.03. The highest BCUT2D eigenvalue weighted by atomic mass is 16.5. The molecule has 0 aliphatic heterocycles. The lowest BCUT2D eigenvalue weighted by Gasteiger charge is -2.16. The van der Waals surface area contributed by atoms with Crippen LogP contribution in [-0.4, -0.2) is 19.8 Å². The fourth-order valence-corrected chi connectivity index (χ4v) is 2.21. The average molecular weight is 285 g/mol. The fraction of sp³-hybridized carbons (Fsp3) is 0.333. The van der Waals surface area contributed by atoms with E-state index < -0.39 is 0 Å². The van der Waals surface area contributed by atoms with Crippen LogP contribution in [0.2, 0.25) is 0 Å². The Morgan fingerprint density at radius 1 is 0.952 bits per heavy atom. The molecule has 3 nitrogen and oxygen atoms in total. The second-order valence-corrected chi connectivity index (χ2v) is 5.03. The minimum Gasteiger partial charge on any atom is -0.493 e. The quantitative estimate of drug-likeness (QED) is 0.810. The fourth-order valence-electron chi connectivity index (χ4n) is 2.21. The monoisotopic (exact) mass is 285 g/mol. The molecule has 0 fully saturated rings. The van der Waals surface area contributed by atoms with Crippen LogP contribution in [0.5, 0.6) is 5.75 Å². The first-order chi connectivity index (χ1) is 10.3. The van der Waals surface area contributed by atoms with Gasteiger partial charge in [0.15, 0.2) is 0 Å². The summed E-state index contributed by atoms with van der Waals surface area (Å²) in [6, 6.07) is 18.3. The molecule has 2 aromatic carbocycles. The molecule has 1 unspecified atom stereocenters. The highest BCUT2D eigenvalue weighted by Gasteiger charge is 2.08. The first-order valence-corrected chi connectivity index (χ1v) is 7.30. The van der Waals surface area contributed by atoms with Gasteiger partial charge >= 0.3 is 0 Å². The van der Waals surface area contributed by atoms with Gasteiger partial charge in [-0.15, -0.1) is 0 Å². The van der Waals surface area contributed by atoms with Crippen molar-refractivity contribution >= 4 is 0 Å². The van der Waals surface area contributed by atoms with Crippen LogP contribution in [0, 0.1) is 0 Å². The van der Waals surface area contributed by atoms with Crippen LogP contribution in [0.1, 0.15) is 17.5 Å². The maximum absolute atomic E-state index is 5.75. The smallest absolute Gasteiger partial charge is 0.119 e. The maximum atomic E-state index is 5.75. The van der Waals surface area contributed by atoms with Gasteiger partial charge in [0, 0.05) is 20.1 Å². The highest BCUT2D eigenvalue weighted by Crippen LogP contribution is 2.14. The van der Waals surface area contributed by atoms with E-state index in [2.05, 4.69) is 24.3 Å². The Hall–Kier alpha value is -1.84. The van der Waals surface area contributed by atoms with Gasteiger partial charge in [-0.3, -0.25) is 0 Å². The van der Waals surface area contributed by atoms with Crippen molar-refractivity contribution in [3.63, 3.8) is 0 Å². The molecular weight excluding hydrogens is 262 g/mol. The molecule has 0 saturated heterocycles. The molecule has 3 heteroatoms. The minimum atomic E-state index is 0.177. The first-order valence-electron chi connectivity index (χ1n) is 7.30. The number of hydrogen-bond donors (Lipinski definition) is 1. The van der Waals surface area contributed by atoms with Gasteiger partial charge in [0.2, 0.25) is 0 Å². The molecule has 2 rings (SSSR count). The molecule has 0 spiro atoms. The lowest BCUT2D eigenvalue weighted by molar-refractivity contribution is 0.0815. The molecule has 0 aromatic heterocycles. The summed E-state index contributed by atoms with van der Waals surface area (Å²) in [4.78, 5) is 0. The molecular formula is C18H23NO2. The van der Waals surface area contributed by atoms with Crippen LogP contribution in [0.3, 0.4) is 0 Å². The summed E-state index contributed by atoms with van der Waals surface area (Å²) in [7, 11) is 1.75. The van der Waals surface area contributed by atoms with Gasteiger partial charge in [-0.2, -0.15) is 0 Å². The van der Waals surface area contributed by atoms with Crippen molar-refractivity contribution in [2.45, 2.75) is 25.5 Å². The Kier molecular flexibility index (Phi) is 6.25. The van der Waals surface area contributed by atoms with Crippen molar-refractivity contribution in [1.29, 1.82) is 0 Å². The molecule has 0 aliphatic carbocycles.